The van der Waals surface area contributed by atoms with Crippen molar-refractivity contribution in [2.75, 3.05) is 6.54 Å². The minimum atomic E-state index is -1.18. The van der Waals surface area contributed by atoms with Gasteiger partial charge >= 0.3 is 11.9 Å². The number of nitrogens with zero attached hydrogens (tertiary/aromatic N) is 2. The first-order valence-electron chi connectivity index (χ1n) is 8.82. The van der Waals surface area contributed by atoms with E-state index in [0.29, 0.717) is 6.54 Å². The van der Waals surface area contributed by atoms with Gasteiger partial charge in [-0.05, 0) is 6.42 Å². The Morgan fingerprint density at radius 3 is 1.91 bits per heavy atom. The first-order valence-corrected chi connectivity index (χ1v) is 8.82. The van der Waals surface area contributed by atoms with Gasteiger partial charge in [-0.15, -0.1) is 0 Å². The highest BCUT2D eigenvalue weighted by atomic mass is 16.4. The maximum absolute atomic E-state index is 11.2. The van der Waals surface area contributed by atoms with Gasteiger partial charge in [-0.2, -0.15) is 0 Å². The van der Waals surface area contributed by atoms with Gasteiger partial charge in [0.2, 0.25) is 0 Å². The monoisotopic (exact) mass is 326 g/mol. The number of carbonyl (C=O) groups is 2. The zero-order chi connectivity index (χ0) is 17.1. The number of hydrogen-bond donors (Lipinski definition) is 2. The molecule has 23 heavy (non-hydrogen) atoms. The summed E-state index contributed by atoms with van der Waals surface area (Å²) in [6.45, 7) is 2.78. The number of unbranched alkanes of at least 4 members (excludes halogenated alkanes) is 9. The molecular weight excluding hydrogens is 296 g/mol. The number of aliphatic carboxylic acids is 2. The molecule has 1 heterocycles. The Labute approximate surface area is 138 Å². The maximum atomic E-state index is 11.2. The van der Waals surface area contributed by atoms with Crippen molar-refractivity contribution in [1.82, 2.24) is 4.90 Å². The van der Waals surface area contributed by atoms with Crippen LogP contribution in [-0.4, -0.2) is 52.0 Å². The van der Waals surface area contributed by atoms with Gasteiger partial charge in [0.1, 0.15) is 0 Å². The molecule has 2 N–H and O–H groups in total. The normalized spacial score (nSPS) is 20.1. The molecule has 0 aromatic carbocycles. The molecule has 0 radical (unpaired) electrons. The van der Waals surface area contributed by atoms with Gasteiger partial charge in [0, 0.05) is 6.54 Å². The summed E-state index contributed by atoms with van der Waals surface area (Å²) in [7, 11) is 0. The van der Waals surface area contributed by atoms with Gasteiger partial charge in [0.15, 0.2) is 12.1 Å². The summed E-state index contributed by atoms with van der Waals surface area (Å²) >= 11 is 0. The van der Waals surface area contributed by atoms with E-state index >= 15 is 0 Å². The molecule has 1 aliphatic rings. The van der Waals surface area contributed by atoms with E-state index < -0.39 is 24.0 Å². The Hall–Kier alpha value is -1.59. The van der Waals surface area contributed by atoms with Gasteiger partial charge in [-0.25, -0.2) is 9.59 Å². The Balaban J connectivity index is 2.10. The molecule has 1 aliphatic heterocycles. The Bertz CT molecular complexity index is 398. The van der Waals surface area contributed by atoms with Crippen LogP contribution in [0.5, 0.6) is 0 Å². The van der Waals surface area contributed by atoms with Crippen LogP contribution in [0, 0.1) is 0 Å². The van der Waals surface area contributed by atoms with Gasteiger partial charge in [0.05, 0.1) is 6.34 Å². The fraction of sp³-hybridized carbons (Fsp3) is 0.824. The molecule has 132 valence electrons. The van der Waals surface area contributed by atoms with Crippen LogP contribution in [0.1, 0.15) is 71.1 Å². The smallest absolute Gasteiger partial charge is 0.331 e. The van der Waals surface area contributed by atoms with Crippen LogP contribution in [-0.2, 0) is 9.59 Å². The van der Waals surface area contributed by atoms with Gasteiger partial charge in [-0.1, -0.05) is 64.7 Å². The lowest BCUT2D eigenvalue weighted by Gasteiger charge is -2.22. The standard InChI is InChI=1S/C17H30N2O4/c1-2-3-4-5-6-7-8-9-10-11-12-19-13-18-14(16(20)21)15(19)17(22)23/h13-15H,2-12H2,1H3,(H,20,21)(H,22,23). The molecule has 1 rings (SSSR count). The number of carboxylic acid groups (broad SMARTS) is 2. The highest BCUT2D eigenvalue weighted by Gasteiger charge is 2.40. The number of aliphatic imine (C=N–C) groups is 1. The molecule has 2 atom stereocenters. The van der Waals surface area contributed by atoms with E-state index in [-0.39, 0.29) is 0 Å². The number of rotatable bonds is 13. The van der Waals surface area contributed by atoms with Crippen molar-refractivity contribution >= 4 is 18.3 Å². The molecule has 0 amide bonds. The average molecular weight is 326 g/mol. The highest BCUT2D eigenvalue weighted by Crippen LogP contribution is 2.16. The van der Waals surface area contributed by atoms with Crippen molar-refractivity contribution < 1.29 is 19.8 Å². The molecule has 2 unspecified atom stereocenters. The van der Waals surface area contributed by atoms with Gasteiger partial charge in [-0.3, -0.25) is 4.99 Å². The lowest BCUT2D eigenvalue weighted by molar-refractivity contribution is -0.148. The molecule has 0 aromatic rings. The molecule has 6 nitrogen and oxygen atoms in total. The third-order valence-corrected chi connectivity index (χ3v) is 4.31. The zero-order valence-corrected chi connectivity index (χ0v) is 14.1. The van der Waals surface area contributed by atoms with Crippen LogP contribution in [0.25, 0.3) is 0 Å². The van der Waals surface area contributed by atoms with E-state index in [1.165, 1.54) is 51.3 Å². The molecule has 0 aromatic heterocycles. The zero-order valence-electron chi connectivity index (χ0n) is 14.1. The molecular formula is C17H30N2O4. The first kappa shape index (κ1) is 19.5. The molecule has 0 fully saturated rings. The highest BCUT2D eigenvalue weighted by molar-refractivity contribution is 5.90. The quantitative estimate of drug-likeness (QED) is 0.507. The fourth-order valence-corrected chi connectivity index (χ4v) is 2.95. The average Bonchev–Trinajstić information content (AvgIpc) is 2.93. The molecule has 0 aliphatic carbocycles. The van der Waals surface area contributed by atoms with Crippen molar-refractivity contribution in [3.8, 4) is 0 Å². The molecule has 0 bridgehead atoms. The van der Waals surface area contributed by atoms with Crippen molar-refractivity contribution in [3.05, 3.63) is 0 Å². The van der Waals surface area contributed by atoms with E-state index in [0.717, 1.165) is 19.3 Å². The van der Waals surface area contributed by atoms with E-state index in [1.807, 2.05) is 0 Å². The van der Waals surface area contributed by atoms with Crippen molar-refractivity contribution in [2.45, 2.75) is 83.2 Å². The third kappa shape index (κ3) is 7.01. The predicted molar refractivity (Wildman–Crippen MR) is 89.9 cm³/mol. The van der Waals surface area contributed by atoms with Crippen LogP contribution in [0.4, 0.5) is 0 Å². The lowest BCUT2D eigenvalue weighted by atomic mass is 10.1. The van der Waals surface area contributed by atoms with Crippen molar-refractivity contribution in [2.24, 2.45) is 4.99 Å². The van der Waals surface area contributed by atoms with E-state index in [2.05, 4.69) is 11.9 Å². The molecule has 6 heteroatoms. The van der Waals surface area contributed by atoms with Crippen LogP contribution in [0.2, 0.25) is 0 Å². The summed E-state index contributed by atoms with van der Waals surface area (Å²) in [5.41, 5.74) is 0. The van der Waals surface area contributed by atoms with E-state index in [9.17, 15) is 14.7 Å². The summed E-state index contributed by atoms with van der Waals surface area (Å²) in [6.07, 6.45) is 13.5. The predicted octanol–water partition coefficient (Wildman–Crippen LogP) is 3.16. The summed E-state index contributed by atoms with van der Waals surface area (Å²) in [6, 6.07) is -2.25. The topological polar surface area (TPSA) is 90.2 Å². The van der Waals surface area contributed by atoms with E-state index in [1.54, 1.807) is 4.90 Å². The number of carboxylic acids is 2. The summed E-state index contributed by atoms with van der Waals surface area (Å²) in [5.74, 6) is -2.30. The maximum Gasteiger partial charge on any atom is 0.331 e. The van der Waals surface area contributed by atoms with Crippen LogP contribution in [0.15, 0.2) is 4.99 Å². The second-order valence-corrected chi connectivity index (χ2v) is 6.25. The Morgan fingerprint density at radius 1 is 0.913 bits per heavy atom. The summed E-state index contributed by atoms with van der Waals surface area (Å²) in [4.78, 5) is 27.6. The second kappa shape index (κ2) is 11.0. The fourth-order valence-electron chi connectivity index (χ4n) is 2.95. The lowest BCUT2D eigenvalue weighted by Crippen LogP contribution is -2.46. The summed E-state index contributed by atoms with van der Waals surface area (Å²) < 4.78 is 0. The molecule has 0 saturated heterocycles. The number of hydrogen-bond acceptors (Lipinski definition) is 4. The van der Waals surface area contributed by atoms with Crippen LogP contribution in [0.3, 0.4) is 0 Å². The van der Waals surface area contributed by atoms with Crippen LogP contribution >= 0.6 is 0 Å². The van der Waals surface area contributed by atoms with Crippen molar-refractivity contribution in [1.29, 1.82) is 0 Å². The molecule has 0 spiro atoms. The van der Waals surface area contributed by atoms with E-state index in [4.69, 9.17) is 5.11 Å². The minimum Gasteiger partial charge on any atom is -0.480 e. The summed E-state index contributed by atoms with van der Waals surface area (Å²) in [5, 5.41) is 18.2. The minimum absolute atomic E-state index is 0.556. The Kier molecular flexibility index (Phi) is 9.33. The first-order chi connectivity index (χ1) is 11.1. The largest absolute Gasteiger partial charge is 0.480 e. The second-order valence-electron chi connectivity index (χ2n) is 6.25. The Morgan fingerprint density at radius 2 is 1.43 bits per heavy atom. The SMILES string of the molecule is CCCCCCCCCCCCN1C=NC(C(=O)O)C1C(=O)O. The van der Waals surface area contributed by atoms with Crippen molar-refractivity contribution in [3.63, 3.8) is 0 Å². The van der Waals surface area contributed by atoms with Gasteiger partial charge in [0.25, 0.3) is 0 Å². The van der Waals surface area contributed by atoms with Crippen LogP contribution < -0.4 is 0 Å². The molecule has 0 saturated carbocycles. The third-order valence-electron chi connectivity index (χ3n) is 4.31. The van der Waals surface area contributed by atoms with Gasteiger partial charge < -0.3 is 15.1 Å².